The third-order valence-corrected chi connectivity index (χ3v) is 5.96. The Morgan fingerprint density at radius 1 is 1.06 bits per heavy atom. The normalized spacial score (nSPS) is 15.7. The average molecular weight is 501 g/mol. The maximum absolute atomic E-state index is 13.0. The van der Waals surface area contributed by atoms with Gasteiger partial charge in [0.15, 0.2) is 5.17 Å². The van der Waals surface area contributed by atoms with Gasteiger partial charge in [0.2, 0.25) is 0 Å². The van der Waals surface area contributed by atoms with Crippen molar-refractivity contribution in [2.24, 2.45) is 4.99 Å². The van der Waals surface area contributed by atoms with Gasteiger partial charge in [0.05, 0.1) is 9.93 Å². The molecule has 9 heteroatoms. The lowest BCUT2D eigenvalue weighted by molar-refractivity contribution is -0.115. The molecule has 0 atom stereocenters. The van der Waals surface area contributed by atoms with Crippen molar-refractivity contribution in [3.63, 3.8) is 0 Å². The number of carbonyl (C=O) groups excluding carboxylic acids is 2. The summed E-state index contributed by atoms with van der Waals surface area (Å²) in [5.41, 5.74) is 1.84. The van der Waals surface area contributed by atoms with Crippen molar-refractivity contribution in [2.75, 3.05) is 0 Å². The quantitative estimate of drug-likeness (QED) is 0.429. The molecule has 3 aromatic rings. The Balaban J connectivity index is 1.43. The predicted octanol–water partition coefficient (Wildman–Crippen LogP) is 6.11. The van der Waals surface area contributed by atoms with Gasteiger partial charge in [-0.05, 0) is 77.5 Å². The number of thioether (sulfide) groups is 1. The standard InChI is InChI=1S/C24H15Cl2FN2O3S/c25-17-6-4-16(5-7-17)22(30)28-24-29-23(31)21(33-24)12-15-3-10-20(19(26)11-15)32-13-14-1-8-18(27)9-2-14/h1-12H,13H2,(H,28,29,30,31)/b21-12-. The molecule has 0 aliphatic carbocycles. The van der Waals surface area contributed by atoms with Crippen molar-refractivity contribution in [2.45, 2.75) is 6.61 Å². The second-order valence-electron chi connectivity index (χ2n) is 6.90. The highest BCUT2D eigenvalue weighted by molar-refractivity contribution is 8.18. The third-order valence-electron chi connectivity index (χ3n) is 4.51. The first-order valence-corrected chi connectivity index (χ1v) is 11.2. The summed E-state index contributed by atoms with van der Waals surface area (Å²) < 4.78 is 18.7. The molecule has 1 heterocycles. The van der Waals surface area contributed by atoms with Crippen molar-refractivity contribution < 1.29 is 18.7 Å². The molecule has 3 aromatic carbocycles. The van der Waals surface area contributed by atoms with Crippen molar-refractivity contribution in [3.8, 4) is 5.75 Å². The molecule has 1 aliphatic heterocycles. The second-order valence-corrected chi connectivity index (χ2v) is 8.77. The van der Waals surface area contributed by atoms with E-state index in [-0.39, 0.29) is 23.5 Å². The number of rotatable bonds is 5. The lowest BCUT2D eigenvalue weighted by Crippen LogP contribution is -2.20. The zero-order chi connectivity index (χ0) is 23.4. The van der Waals surface area contributed by atoms with E-state index in [9.17, 15) is 14.0 Å². The van der Waals surface area contributed by atoms with Gasteiger partial charge < -0.3 is 10.1 Å². The van der Waals surface area contributed by atoms with E-state index in [0.717, 1.165) is 17.3 Å². The summed E-state index contributed by atoms with van der Waals surface area (Å²) >= 11 is 13.2. The number of amidine groups is 1. The number of nitrogens with one attached hydrogen (secondary N) is 1. The van der Waals surface area contributed by atoms with E-state index >= 15 is 0 Å². The number of ether oxygens (including phenoxy) is 1. The van der Waals surface area contributed by atoms with E-state index < -0.39 is 5.91 Å². The highest BCUT2D eigenvalue weighted by Crippen LogP contribution is 2.30. The lowest BCUT2D eigenvalue weighted by atomic mass is 10.2. The fourth-order valence-corrected chi connectivity index (χ4v) is 4.04. The molecule has 5 nitrogen and oxygen atoms in total. The van der Waals surface area contributed by atoms with Crippen molar-refractivity contribution in [1.82, 2.24) is 5.32 Å². The van der Waals surface area contributed by atoms with Gasteiger partial charge in [-0.1, -0.05) is 41.4 Å². The van der Waals surface area contributed by atoms with Crippen LogP contribution in [-0.4, -0.2) is 17.0 Å². The Bertz CT molecular complexity index is 1280. The van der Waals surface area contributed by atoms with E-state index in [1.54, 1.807) is 60.7 Å². The molecule has 166 valence electrons. The van der Waals surface area contributed by atoms with Crippen molar-refractivity contribution in [1.29, 1.82) is 0 Å². The van der Waals surface area contributed by atoms with Crippen LogP contribution in [0.2, 0.25) is 10.0 Å². The second kappa shape index (κ2) is 10.2. The smallest absolute Gasteiger partial charge is 0.279 e. The van der Waals surface area contributed by atoms with Gasteiger partial charge in [0.1, 0.15) is 18.2 Å². The number of benzene rings is 3. The fraction of sp³-hybridized carbons (Fsp3) is 0.0417. The highest BCUT2D eigenvalue weighted by Gasteiger charge is 2.25. The molecule has 1 saturated heterocycles. The summed E-state index contributed by atoms with van der Waals surface area (Å²) in [6.45, 7) is 0.236. The van der Waals surface area contributed by atoms with Crippen LogP contribution in [-0.2, 0) is 11.4 Å². The molecule has 0 saturated carbocycles. The molecular weight excluding hydrogens is 486 g/mol. The molecule has 4 rings (SSSR count). The van der Waals surface area contributed by atoms with Crippen LogP contribution >= 0.6 is 35.0 Å². The maximum atomic E-state index is 13.0. The average Bonchev–Trinajstić information content (AvgIpc) is 3.13. The molecule has 0 aromatic heterocycles. The topological polar surface area (TPSA) is 67.8 Å². The van der Waals surface area contributed by atoms with E-state index in [1.165, 1.54) is 12.1 Å². The van der Waals surface area contributed by atoms with Gasteiger partial charge in [-0.2, -0.15) is 4.99 Å². The molecule has 0 spiro atoms. The third kappa shape index (κ3) is 6.01. The Kier molecular flexibility index (Phi) is 7.13. The fourth-order valence-electron chi connectivity index (χ4n) is 2.85. The number of hydrogen-bond donors (Lipinski definition) is 1. The highest BCUT2D eigenvalue weighted by atomic mass is 35.5. The van der Waals surface area contributed by atoms with Crippen molar-refractivity contribution in [3.05, 3.63) is 104 Å². The minimum atomic E-state index is -0.485. The van der Waals surface area contributed by atoms with Gasteiger partial charge in [0, 0.05) is 10.6 Å². The van der Waals surface area contributed by atoms with Crippen LogP contribution in [0.4, 0.5) is 4.39 Å². The zero-order valence-electron chi connectivity index (χ0n) is 16.8. The molecule has 0 bridgehead atoms. The lowest BCUT2D eigenvalue weighted by Gasteiger charge is -2.09. The largest absolute Gasteiger partial charge is 0.487 e. The number of aliphatic imine (C=N–C) groups is 1. The summed E-state index contributed by atoms with van der Waals surface area (Å²) in [5.74, 6) is -0.704. The van der Waals surface area contributed by atoms with Crippen molar-refractivity contribution >= 4 is 58.0 Å². The summed E-state index contributed by atoms with van der Waals surface area (Å²) in [6, 6.07) is 17.4. The van der Waals surface area contributed by atoms with Gasteiger partial charge in [0.25, 0.3) is 11.8 Å². The zero-order valence-corrected chi connectivity index (χ0v) is 19.2. The number of hydrogen-bond acceptors (Lipinski definition) is 4. The first-order valence-electron chi connectivity index (χ1n) is 9.64. The first kappa shape index (κ1) is 23.0. The molecular formula is C24H15Cl2FN2O3S. The Hall–Kier alpha value is -3.13. The number of nitrogens with zero attached hydrogens (tertiary/aromatic N) is 1. The molecule has 1 N–H and O–H groups in total. The Labute approximate surface area is 203 Å². The van der Waals surface area contributed by atoms with Gasteiger partial charge in [-0.3, -0.25) is 9.59 Å². The minimum absolute atomic E-state index is 0.191. The van der Waals surface area contributed by atoms with Gasteiger partial charge in [-0.25, -0.2) is 4.39 Å². The van der Waals surface area contributed by atoms with E-state index in [1.807, 2.05) is 0 Å². The van der Waals surface area contributed by atoms with Gasteiger partial charge in [-0.15, -0.1) is 0 Å². The number of amides is 2. The SMILES string of the molecule is O=C1NC(=NC(=O)c2ccc(Cl)cc2)S/C1=C\c1ccc(OCc2ccc(F)cc2)c(Cl)c1. The van der Waals surface area contributed by atoms with Crippen LogP contribution in [0.3, 0.4) is 0 Å². The summed E-state index contributed by atoms with van der Waals surface area (Å²) in [7, 11) is 0. The number of carbonyl (C=O) groups is 2. The molecule has 1 fully saturated rings. The van der Waals surface area contributed by atoms with E-state index in [0.29, 0.717) is 31.8 Å². The van der Waals surface area contributed by atoms with Crippen LogP contribution in [0.25, 0.3) is 6.08 Å². The van der Waals surface area contributed by atoms with Gasteiger partial charge >= 0.3 is 0 Å². The van der Waals surface area contributed by atoms with Crippen LogP contribution in [0.1, 0.15) is 21.5 Å². The van der Waals surface area contributed by atoms with E-state index in [4.69, 9.17) is 27.9 Å². The molecule has 1 aliphatic rings. The minimum Gasteiger partial charge on any atom is -0.487 e. The van der Waals surface area contributed by atoms with Crippen LogP contribution in [0, 0.1) is 5.82 Å². The van der Waals surface area contributed by atoms with Crippen LogP contribution in [0.15, 0.2) is 76.6 Å². The first-order chi connectivity index (χ1) is 15.9. The maximum Gasteiger partial charge on any atom is 0.279 e. The van der Waals surface area contributed by atoms with E-state index in [2.05, 4.69) is 10.3 Å². The Morgan fingerprint density at radius 2 is 1.79 bits per heavy atom. The number of halogens is 3. The molecule has 33 heavy (non-hydrogen) atoms. The predicted molar refractivity (Wildman–Crippen MR) is 129 cm³/mol. The molecule has 0 unspecified atom stereocenters. The molecule has 0 radical (unpaired) electrons. The summed E-state index contributed by atoms with van der Waals surface area (Å²) in [6.07, 6.45) is 1.64. The summed E-state index contributed by atoms with van der Waals surface area (Å²) in [5, 5.41) is 3.65. The monoisotopic (exact) mass is 500 g/mol. The summed E-state index contributed by atoms with van der Waals surface area (Å²) in [4.78, 5) is 28.9. The Morgan fingerprint density at radius 3 is 2.48 bits per heavy atom. The van der Waals surface area contributed by atoms with Crippen LogP contribution < -0.4 is 10.1 Å². The van der Waals surface area contributed by atoms with Crippen LogP contribution in [0.5, 0.6) is 5.75 Å². The molecule has 2 amide bonds.